The lowest BCUT2D eigenvalue weighted by molar-refractivity contribution is 0.0949. The molecule has 1 aromatic heterocycles. The Morgan fingerprint density at radius 3 is 2.86 bits per heavy atom. The maximum absolute atomic E-state index is 12.1. The van der Waals surface area contributed by atoms with Crippen LogP contribution >= 0.6 is 0 Å². The molecule has 1 heterocycles. The molecule has 0 spiro atoms. The van der Waals surface area contributed by atoms with Crippen LogP contribution in [-0.2, 0) is 0 Å². The van der Waals surface area contributed by atoms with E-state index < -0.39 is 0 Å². The number of hydrogen-bond acceptors (Lipinski definition) is 3. The van der Waals surface area contributed by atoms with E-state index in [2.05, 4.69) is 41.3 Å². The van der Waals surface area contributed by atoms with E-state index in [0.29, 0.717) is 18.3 Å². The van der Waals surface area contributed by atoms with E-state index >= 15 is 0 Å². The second-order valence-corrected chi connectivity index (χ2v) is 5.66. The molecule has 2 rings (SSSR count). The van der Waals surface area contributed by atoms with Gasteiger partial charge >= 0.3 is 0 Å². The van der Waals surface area contributed by atoms with E-state index in [1.54, 1.807) is 0 Å². The van der Waals surface area contributed by atoms with E-state index in [9.17, 15) is 4.79 Å². The minimum Gasteiger partial charge on any atom is -0.351 e. The van der Waals surface area contributed by atoms with Crippen molar-refractivity contribution in [3.63, 3.8) is 0 Å². The third kappa shape index (κ3) is 4.04. The zero-order valence-corrected chi connectivity index (χ0v) is 13.0. The number of H-pyrrole nitrogens is 1. The van der Waals surface area contributed by atoms with Crippen molar-refractivity contribution in [1.82, 2.24) is 20.4 Å². The van der Waals surface area contributed by atoms with Gasteiger partial charge in [0.25, 0.3) is 5.91 Å². The van der Waals surface area contributed by atoms with Gasteiger partial charge in [0, 0.05) is 18.0 Å². The van der Waals surface area contributed by atoms with Crippen LogP contribution in [0.1, 0.15) is 37.2 Å². The van der Waals surface area contributed by atoms with Crippen molar-refractivity contribution in [2.45, 2.75) is 32.7 Å². The molecule has 0 saturated heterocycles. The highest BCUT2D eigenvalue weighted by atomic mass is 16.1. The van der Waals surface area contributed by atoms with Gasteiger partial charge < -0.3 is 10.2 Å². The summed E-state index contributed by atoms with van der Waals surface area (Å²) >= 11 is 0. The van der Waals surface area contributed by atoms with Gasteiger partial charge in [-0.05, 0) is 46.3 Å². The van der Waals surface area contributed by atoms with E-state index in [-0.39, 0.29) is 5.91 Å². The molecule has 21 heavy (non-hydrogen) atoms. The van der Waals surface area contributed by atoms with Crippen molar-refractivity contribution in [3.8, 4) is 0 Å². The molecule has 0 saturated carbocycles. The number of hydrogen-bond donors (Lipinski definition) is 2. The lowest BCUT2D eigenvalue weighted by atomic mass is 10.2. The number of nitrogens with one attached hydrogen (secondary N) is 2. The summed E-state index contributed by atoms with van der Waals surface area (Å²) in [5.41, 5.74) is 1.37. The maximum atomic E-state index is 12.1. The summed E-state index contributed by atoms with van der Waals surface area (Å²) in [6, 6.07) is 8.23. The van der Waals surface area contributed by atoms with Gasteiger partial charge in [0.1, 0.15) is 0 Å². The average molecular weight is 288 g/mol. The second kappa shape index (κ2) is 7.22. The van der Waals surface area contributed by atoms with Gasteiger partial charge in [-0.2, -0.15) is 5.10 Å². The van der Waals surface area contributed by atoms with Crippen LogP contribution in [-0.4, -0.2) is 47.2 Å². The van der Waals surface area contributed by atoms with Crippen LogP contribution in [0.5, 0.6) is 0 Å². The number of aromatic amines is 1. The quantitative estimate of drug-likeness (QED) is 0.769. The first-order valence-electron chi connectivity index (χ1n) is 7.51. The molecule has 0 aliphatic rings. The molecule has 2 aromatic rings. The van der Waals surface area contributed by atoms with Gasteiger partial charge in [0.2, 0.25) is 0 Å². The Bertz CT molecular complexity index is 591. The predicted molar refractivity (Wildman–Crippen MR) is 85.4 cm³/mol. The van der Waals surface area contributed by atoms with Crippen molar-refractivity contribution in [2.24, 2.45) is 0 Å². The maximum Gasteiger partial charge on any atom is 0.272 e. The smallest absolute Gasteiger partial charge is 0.272 e. The van der Waals surface area contributed by atoms with Gasteiger partial charge in [0.05, 0.1) is 5.52 Å². The Balaban J connectivity index is 1.78. The third-order valence-electron chi connectivity index (χ3n) is 3.79. The molecule has 0 atom stereocenters. The van der Waals surface area contributed by atoms with E-state index in [4.69, 9.17) is 0 Å². The molecule has 0 aliphatic carbocycles. The van der Waals surface area contributed by atoms with E-state index in [0.717, 1.165) is 30.3 Å². The highest BCUT2D eigenvalue weighted by Gasteiger charge is 2.12. The van der Waals surface area contributed by atoms with E-state index in [1.165, 1.54) is 0 Å². The van der Waals surface area contributed by atoms with Gasteiger partial charge in [-0.3, -0.25) is 9.89 Å². The lowest BCUT2D eigenvalue weighted by Gasteiger charge is -2.20. The fourth-order valence-corrected chi connectivity index (χ4v) is 2.17. The molecule has 0 aliphatic heterocycles. The van der Waals surface area contributed by atoms with Crippen LogP contribution in [0.2, 0.25) is 0 Å². The number of fused-ring (bicyclic) bond motifs is 1. The highest BCUT2D eigenvalue weighted by molar-refractivity contribution is 6.04. The summed E-state index contributed by atoms with van der Waals surface area (Å²) < 4.78 is 0. The molecule has 0 radical (unpaired) electrons. The van der Waals surface area contributed by atoms with Gasteiger partial charge in [-0.1, -0.05) is 18.2 Å². The Morgan fingerprint density at radius 2 is 2.10 bits per heavy atom. The van der Waals surface area contributed by atoms with Crippen LogP contribution in [0.4, 0.5) is 0 Å². The predicted octanol–water partition coefficient (Wildman–Crippen LogP) is 2.41. The topological polar surface area (TPSA) is 61.0 Å². The van der Waals surface area contributed by atoms with E-state index in [1.807, 2.05) is 24.3 Å². The van der Waals surface area contributed by atoms with Crippen molar-refractivity contribution in [3.05, 3.63) is 30.0 Å². The molecular weight excluding hydrogens is 264 g/mol. The van der Waals surface area contributed by atoms with Crippen LogP contribution in [0.25, 0.3) is 10.9 Å². The molecular formula is C16H24N4O. The summed E-state index contributed by atoms with van der Waals surface area (Å²) in [7, 11) is 2.12. The number of para-hydroxylation sites is 1. The van der Waals surface area contributed by atoms with Crippen molar-refractivity contribution in [1.29, 1.82) is 0 Å². The summed E-state index contributed by atoms with van der Waals surface area (Å²) in [4.78, 5) is 14.4. The zero-order chi connectivity index (χ0) is 15.2. The molecule has 0 fully saturated rings. The first-order valence-corrected chi connectivity index (χ1v) is 7.51. The monoisotopic (exact) mass is 288 g/mol. The first kappa shape index (κ1) is 15.5. The van der Waals surface area contributed by atoms with Crippen molar-refractivity contribution in [2.75, 3.05) is 20.1 Å². The summed E-state index contributed by atoms with van der Waals surface area (Å²) in [6.07, 6.45) is 2.06. The first-order chi connectivity index (χ1) is 10.1. The number of carbonyl (C=O) groups is 1. The minimum atomic E-state index is -0.107. The van der Waals surface area contributed by atoms with Gasteiger partial charge in [0.15, 0.2) is 5.69 Å². The molecule has 114 valence electrons. The standard InChI is InChI=1S/C16H24N4O/c1-12(2)20(3)11-7-6-10-17-16(21)15-13-8-4-5-9-14(13)18-19-15/h4-5,8-9,12H,6-7,10-11H2,1-3H3,(H,17,21)(H,18,19). The van der Waals surface area contributed by atoms with Crippen LogP contribution in [0.15, 0.2) is 24.3 Å². The number of amides is 1. The Morgan fingerprint density at radius 1 is 1.33 bits per heavy atom. The molecule has 5 nitrogen and oxygen atoms in total. The molecule has 0 bridgehead atoms. The van der Waals surface area contributed by atoms with Crippen LogP contribution in [0.3, 0.4) is 0 Å². The molecule has 1 aromatic carbocycles. The Labute approximate surface area is 125 Å². The fourth-order valence-electron chi connectivity index (χ4n) is 2.17. The number of benzene rings is 1. The SMILES string of the molecule is CC(C)N(C)CCCCNC(=O)c1n[nH]c2ccccc12. The molecule has 1 amide bonds. The van der Waals surface area contributed by atoms with Crippen molar-refractivity contribution < 1.29 is 4.79 Å². The van der Waals surface area contributed by atoms with Crippen LogP contribution in [0, 0.1) is 0 Å². The lowest BCUT2D eigenvalue weighted by Crippen LogP contribution is -2.29. The minimum absolute atomic E-state index is 0.107. The summed E-state index contributed by atoms with van der Waals surface area (Å²) in [6.45, 7) is 6.11. The number of unbranched alkanes of at least 4 members (excludes halogenated alkanes) is 1. The average Bonchev–Trinajstić information content (AvgIpc) is 2.90. The molecule has 2 N–H and O–H groups in total. The Kier molecular flexibility index (Phi) is 5.33. The van der Waals surface area contributed by atoms with Gasteiger partial charge in [-0.15, -0.1) is 0 Å². The van der Waals surface area contributed by atoms with Gasteiger partial charge in [-0.25, -0.2) is 0 Å². The highest BCUT2D eigenvalue weighted by Crippen LogP contribution is 2.14. The largest absolute Gasteiger partial charge is 0.351 e. The van der Waals surface area contributed by atoms with Crippen molar-refractivity contribution >= 4 is 16.8 Å². The number of aromatic nitrogens is 2. The molecule has 0 unspecified atom stereocenters. The fraction of sp³-hybridized carbons (Fsp3) is 0.500. The Hall–Kier alpha value is -1.88. The summed E-state index contributed by atoms with van der Waals surface area (Å²) in [5.74, 6) is -0.107. The normalized spacial score (nSPS) is 11.5. The van der Waals surface area contributed by atoms with Crippen LogP contribution < -0.4 is 5.32 Å². The number of nitrogens with zero attached hydrogens (tertiary/aromatic N) is 2. The molecule has 5 heteroatoms. The number of carbonyl (C=O) groups excluding carboxylic acids is 1. The number of rotatable bonds is 7. The third-order valence-corrected chi connectivity index (χ3v) is 3.79. The second-order valence-electron chi connectivity index (χ2n) is 5.66. The summed E-state index contributed by atoms with van der Waals surface area (Å²) in [5, 5.41) is 10.8. The zero-order valence-electron chi connectivity index (χ0n) is 13.0.